The van der Waals surface area contributed by atoms with Gasteiger partial charge >= 0.3 is 0 Å². The average molecular weight is 414 g/mol. The number of amides is 1. The first-order valence-corrected chi connectivity index (χ1v) is 11.5. The Hall–Kier alpha value is -2.12. The number of imidazole rings is 1. The lowest BCUT2D eigenvalue weighted by Gasteiger charge is -2.33. The molecular weight excluding hydrogens is 378 g/mol. The SMILES string of the molecule is CCCCn1c(N2CCCC(C(=O)NCCN3CCOCC3)C2)nc2ccccc21. The molecule has 1 aromatic heterocycles. The summed E-state index contributed by atoms with van der Waals surface area (Å²) < 4.78 is 7.73. The number of aryl methyl sites for hydroxylation is 1. The zero-order valence-corrected chi connectivity index (χ0v) is 18.2. The van der Waals surface area contributed by atoms with Gasteiger partial charge in [-0.3, -0.25) is 9.69 Å². The molecule has 7 nitrogen and oxygen atoms in total. The Morgan fingerprint density at radius 1 is 1.20 bits per heavy atom. The summed E-state index contributed by atoms with van der Waals surface area (Å²) >= 11 is 0. The fraction of sp³-hybridized carbons (Fsp3) is 0.652. The number of carbonyl (C=O) groups is 1. The molecule has 3 heterocycles. The largest absolute Gasteiger partial charge is 0.379 e. The highest BCUT2D eigenvalue weighted by atomic mass is 16.5. The Bertz CT molecular complexity index is 830. The van der Waals surface area contributed by atoms with Crippen LogP contribution in [-0.2, 0) is 16.1 Å². The summed E-state index contributed by atoms with van der Waals surface area (Å²) in [6.45, 7) is 10.0. The maximum atomic E-state index is 12.8. The quantitative estimate of drug-likeness (QED) is 0.721. The first kappa shape index (κ1) is 21.1. The third-order valence-electron chi connectivity index (χ3n) is 6.28. The number of anilines is 1. The molecule has 4 rings (SSSR count). The Balaban J connectivity index is 1.39. The van der Waals surface area contributed by atoms with Gasteiger partial charge in [0.2, 0.25) is 11.9 Å². The smallest absolute Gasteiger partial charge is 0.224 e. The van der Waals surface area contributed by atoms with Gasteiger partial charge in [-0.05, 0) is 31.4 Å². The van der Waals surface area contributed by atoms with Gasteiger partial charge in [-0.2, -0.15) is 0 Å². The van der Waals surface area contributed by atoms with E-state index in [1.165, 1.54) is 5.52 Å². The molecule has 7 heteroatoms. The molecule has 1 amide bonds. The zero-order valence-electron chi connectivity index (χ0n) is 18.2. The first-order chi connectivity index (χ1) is 14.8. The van der Waals surface area contributed by atoms with Crippen molar-refractivity contribution in [1.82, 2.24) is 19.8 Å². The number of carbonyl (C=O) groups excluding carboxylic acids is 1. The zero-order chi connectivity index (χ0) is 20.8. The van der Waals surface area contributed by atoms with Crippen LogP contribution in [0.5, 0.6) is 0 Å². The summed E-state index contributed by atoms with van der Waals surface area (Å²) in [5, 5.41) is 3.17. The number of fused-ring (bicyclic) bond motifs is 1. The van der Waals surface area contributed by atoms with E-state index in [1.54, 1.807) is 0 Å². The van der Waals surface area contributed by atoms with Crippen molar-refractivity contribution in [2.75, 3.05) is 57.4 Å². The third kappa shape index (κ3) is 4.95. The number of ether oxygens (including phenoxy) is 1. The first-order valence-electron chi connectivity index (χ1n) is 11.5. The van der Waals surface area contributed by atoms with Gasteiger partial charge in [-0.15, -0.1) is 0 Å². The summed E-state index contributed by atoms with van der Waals surface area (Å²) in [4.78, 5) is 22.5. The molecule has 2 aliphatic rings. The molecule has 0 saturated carbocycles. The summed E-state index contributed by atoms with van der Waals surface area (Å²) in [6, 6.07) is 8.36. The van der Waals surface area contributed by atoms with Crippen LogP contribution in [0.25, 0.3) is 11.0 Å². The summed E-state index contributed by atoms with van der Waals surface area (Å²) in [6.07, 6.45) is 4.26. The van der Waals surface area contributed by atoms with Crippen LogP contribution in [0.15, 0.2) is 24.3 Å². The normalized spacial score (nSPS) is 20.6. The van der Waals surface area contributed by atoms with E-state index in [2.05, 4.69) is 44.8 Å². The topological polar surface area (TPSA) is 62.6 Å². The van der Waals surface area contributed by atoms with Crippen LogP contribution in [0.1, 0.15) is 32.6 Å². The number of hydrogen-bond donors (Lipinski definition) is 1. The van der Waals surface area contributed by atoms with E-state index in [0.717, 1.165) is 89.6 Å². The maximum Gasteiger partial charge on any atom is 0.224 e. The minimum atomic E-state index is 0.0304. The van der Waals surface area contributed by atoms with Crippen molar-refractivity contribution in [3.05, 3.63) is 24.3 Å². The Morgan fingerprint density at radius 2 is 2.03 bits per heavy atom. The molecule has 0 spiro atoms. The van der Waals surface area contributed by atoms with E-state index >= 15 is 0 Å². The predicted molar refractivity (Wildman–Crippen MR) is 120 cm³/mol. The van der Waals surface area contributed by atoms with Gasteiger partial charge in [0.05, 0.1) is 30.2 Å². The van der Waals surface area contributed by atoms with Gasteiger partial charge in [0.25, 0.3) is 0 Å². The fourth-order valence-corrected chi connectivity index (χ4v) is 4.52. The number of piperidine rings is 1. The summed E-state index contributed by atoms with van der Waals surface area (Å²) in [5.41, 5.74) is 2.23. The van der Waals surface area contributed by atoms with E-state index in [9.17, 15) is 4.79 Å². The Labute approximate surface area is 179 Å². The molecule has 2 aromatic rings. The molecule has 1 atom stereocenters. The molecule has 1 unspecified atom stereocenters. The van der Waals surface area contributed by atoms with E-state index in [0.29, 0.717) is 6.54 Å². The predicted octanol–water partition coefficient (Wildman–Crippen LogP) is 2.50. The Morgan fingerprint density at radius 3 is 2.87 bits per heavy atom. The van der Waals surface area contributed by atoms with Crippen LogP contribution >= 0.6 is 0 Å². The minimum Gasteiger partial charge on any atom is -0.379 e. The van der Waals surface area contributed by atoms with Crippen LogP contribution in [0.3, 0.4) is 0 Å². The van der Waals surface area contributed by atoms with Crippen LogP contribution in [0.2, 0.25) is 0 Å². The van der Waals surface area contributed by atoms with Crippen molar-refractivity contribution in [3.63, 3.8) is 0 Å². The number of para-hydroxylation sites is 2. The summed E-state index contributed by atoms with van der Waals surface area (Å²) in [5.74, 6) is 1.24. The van der Waals surface area contributed by atoms with Crippen LogP contribution < -0.4 is 10.2 Å². The van der Waals surface area contributed by atoms with Crippen molar-refractivity contribution < 1.29 is 9.53 Å². The van der Waals surface area contributed by atoms with Crippen LogP contribution in [0, 0.1) is 5.92 Å². The molecule has 2 fully saturated rings. The number of aromatic nitrogens is 2. The number of nitrogens with one attached hydrogen (secondary N) is 1. The molecule has 0 bridgehead atoms. The van der Waals surface area contributed by atoms with E-state index in [1.807, 2.05) is 6.07 Å². The van der Waals surface area contributed by atoms with Crippen LogP contribution in [0.4, 0.5) is 5.95 Å². The lowest BCUT2D eigenvalue weighted by Crippen LogP contribution is -2.46. The maximum absolute atomic E-state index is 12.8. The highest BCUT2D eigenvalue weighted by Crippen LogP contribution is 2.27. The number of morpholine rings is 1. The minimum absolute atomic E-state index is 0.0304. The van der Waals surface area contributed by atoms with Crippen molar-refractivity contribution in [1.29, 1.82) is 0 Å². The molecule has 1 N–H and O–H groups in total. The number of nitrogens with zero attached hydrogens (tertiary/aromatic N) is 4. The Kier molecular flexibility index (Phi) is 7.23. The molecular formula is C23H35N5O2. The number of unbranched alkanes of at least 4 members (excludes halogenated alkanes) is 1. The van der Waals surface area contributed by atoms with Gasteiger partial charge in [-0.25, -0.2) is 4.98 Å². The highest BCUT2D eigenvalue weighted by Gasteiger charge is 2.28. The average Bonchev–Trinajstić information content (AvgIpc) is 3.17. The molecule has 2 aliphatic heterocycles. The monoisotopic (exact) mass is 413 g/mol. The van der Waals surface area contributed by atoms with Gasteiger partial charge in [0.15, 0.2) is 0 Å². The standard InChI is InChI=1S/C23H35N5O2/c1-2-3-12-28-21-9-5-4-8-20(21)25-23(28)27-11-6-7-19(18-27)22(29)24-10-13-26-14-16-30-17-15-26/h4-5,8-9,19H,2-3,6-7,10-18H2,1H3,(H,24,29). The lowest BCUT2D eigenvalue weighted by atomic mass is 9.97. The van der Waals surface area contributed by atoms with Gasteiger partial charge in [0.1, 0.15) is 0 Å². The fourth-order valence-electron chi connectivity index (χ4n) is 4.52. The van der Waals surface area contributed by atoms with E-state index in [-0.39, 0.29) is 11.8 Å². The summed E-state index contributed by atoms with van der Waals surface area (Å²) in [7, 11) is 0. The van der Waals surface area contributed by atoms with E-state index in [4.69, 9.17) is 9.72 Å². The molecule has 1 aromatic carbocycles. The van der Waals surface area contributed by atoms with Crippen LogP contribution in [-0.4, -0.2) is 72.8 Å². The highest BCUT2D eigenvalue weighted by molar-refractivity contribution is 5.81. The molecule has 2 saturated heterocycles. The second-order valence-corrected chi connectivity index (χ2v) is 8.44. The lowest BCUT2D eigenvalue weighted by molar-refractivity contribution is -0.125. The van der Waals surface area contributed by atoms with Crippen molar-refractivity contribution >= 4 is 22.9 Å². The molecule has 30 heavy (non-hydrogen) atoms. The van der Waals surface area contributed by atoms with Gasteiger partial charge in [0, 0.05) is 45.8 Å². The number of rotatable bonds is 8. The second kappa shape index (κ2) is 10.3. The number of benzene rings is 1. The third-order valence-corrected chi connectivity index (χ3v) is 6.28. The van der Waals surface area contributed by atoms with Crippen molar-refractivity contribution in [2.45, 2.75) is 39.2 Å². The number of hydrogen-bond acceptors (Lipinski definition) is 5. The molecule has 0 aliphatic carbocycles. The van der Waals surface area contributed by atoms with Gasteiger partial charge in [-0.1, -0.05) is 25.5 Å². The van der Waals surface area contributed by atoms with Crippen molar-refractivity contribution in [3.8, 4) is 0 Å². The van der Waals surface area contributed by atoms with E-state index < -0.39 is 0 Å². The van der Waals surface area contributed by atoms with Gasteiger partial charge < -0.3 is 19.5 Å². The van der Waals surface area contributed by atoms with Crippen molar-refractivity contribution in [2.24, 2.45) is 5.92 Å². The molecule has 164 valence electrons. The second-order valence-electron chi connectivity index (χ2n) is 8.44. The molecule has 0 radical (unpaired) electrons.